The van der Waals surface area contributed by atoms with Gasteiger partial charge in [-0.25, -0.2) is 0 Å². The number of carbonyl (C=O) groups excluding carboxylic acids is 1. The molecule has 0 N–H and O–H groups in total. The number of hydrogen-bond donors (Lipinski definition) is 0. The predicted molar refractivity (Wildman–Crippen MR) is 69.3 cm³/mol. The summed E-state index contributed by atoms with van der Waals surface area (Å²) in [6.45, 7) is 0.318. The van der Waals surface area contributed by atoms with Crippen LogP contribution in [0.3, 0.4) is 0 Å². The van der Waals surface area contributed by atoms with Crippen LogP contribution in [0.4, 0.5) is 0 Å². The molecule has 0 saturated heterocycles. The third-order valence-electron chi connectivity index (χ3n) is 2.65. The Balaban J connectivity index is 1.96. The second-order valence-corrected chi connectivity index (χ2v) is 3.98. The molecular weight excluding hydrogens is 226 g/mol. The van der Waals surface area contributed by atoms with Crippen molar-refractivity contribution in [2.75, 3.05) is 6.61 Å². The van der Waals surface area contributed by atoms with Crippen LogP contribution in [0.5, 0.6) is 5.75 Å². The highest BCUT2D eigenvalue weighted by molar-refractivity contribution is 5.83. The lowest BCUT2D eigenvalue weighted by molar-refractivity contribution is -0.118. The van der Waals surface area contributed by atoms with Crippen molar-refractivity contribution >= 4 is 16.6 Å². The number of benzene rings is 2. The maximum Gasteiger partial charge on any atom is 0.150 e. The van der Waals surface area contributed by atoms with Gasteiger partial charge in [0.2, 0.25) is 0 Å². The van der Waals surface area contributed by atoms with Gasteiger partial charge in [-0.05, 0) is 22.9 Å². The van der Waals surface area contributed by atoms with Gasteiger partial charge in [0.15, 0.2) is 0 Å². The van der Waals surface area contributed by atoms with Gasteiger partial charge < -0.3 is 4.74 Å². The molecule has 0 spiro atoms. The second kappa shape index (κ2) is 5.83. The highest BCUT2D eigenvalue weighted by atomic mass is 16.5. The van der Waals surface area contributed by atoms with Crippen LogP contribution in [0.15, 0.2) is 42.5 Å². The Morgan fingerprint density at radius 2 is 1.94 bits per heavy atom. The number of nitrogens with zero attached hydrogens (tertiary/aromatic N) is 1. The molecule has 0 bridgehead atoms. The number of ether oxygens (including phenoxy) is 1. The number of rotatable bonds is 5. The van der Waals surface area contributed by atoms with Crippen molar-refractivity contribution in [1.82, 2.24) is 0 Å². The number of hydrogen-bond acceptors (Lipinski definition) is 3. The number of carbonyl (C=O) groups is 1. The number of fused-ring (bicyclic) bond motifs is 1. The molecule has 0 unspecified atom stereocenters. The maximum atomic E-state index is 11.1. The molecule has 0 radical (unpaired) electrons. The molecule has 0 aliphatic carbocycles. The molecule has 3 heteroatoms. The molecule has 0 saturated carbocycles. The average molecular weight is 239 g/mol. The van der Waals surface area contributed by atoms with Crippen molar-refractivity contribution in [3.63, 3.8) is 0 Å². The smallest absolute Gasteiger partial charge is 0.150 e. The lowest BCUT2D eigenvalue weighted by Crippen LogP contribution is -2.05. The molecule has 2 rings (SSSR count). The molecule has 2 aromatic rings. The number of Topliss-reactive ketones (excluding diaryl/α,β-unsaturated/α-hetero) is 1. The van der Waals surface area contributed by atoms with Crippen LogP contribution in [-0.2, 0) is 4.79 Å². The van der Waals surface area contributed by atoms with Gasteiger partial charge in [0.1, 0.15) is 11.5 Å². The summed E-state index contributed by atoms with van der Waals surface area (Å²) in [6.07, 6.45) is 0.238. The van der Waals surface area contributed by atoms with E-state index in [1.165, 1.54) is 0 Å². The lowest BCUT2D eigenvalue weighted by Gasteiger charge is -2.06. The summed E-state index contributed by atoms with van der Waals surface area (Å²) in [5, 5.41) is 10.6. The Hall–Kier alpha value is -2.34. The van der Waals surface area contributed by atoms with Gasteiger partial charge in [0.25, 0.3) is 0 Å². The minimum atomic E-state index is -0.0849. The summed E-state index contributed by atoms with van der Waals surface area (Å²) in [6, 6.07) is 15.7. The first-order chi connectivity index (χ1) is 8.79. The summed E-state index contributed by atoms with van der Waals surface area (Å²) in [4.78, 5) is 11.1. The zero-order chi connectivity index (χ0) is 12.8. The highest BCUT2D eigenvalue weighted by Crippen LogP contribution is 2.20. The third-order valence-corrected chi connectivity index (χ3v) is 2.65. The van der Waals surface area contributed by atoms with Gasteiger partial charge in [0.05, 0.1) is 19.1 Å². The Bertz CT molecular complexity index is 599. The monoisotopic (exact) mass is 239 g/mol. The SMILES string of the molecule is N#CCC(=O)CCOc1ccc2ccccc2c1. The quantitative estimate of drug-likeness (QED) is 0.805. The fourth-order valence-electron chi connectivity index (χ4n) is 1.72. The number of ketones is 1. The zero-order valence-corrected chi connectivity index (χ0v) is 9.93. The van der Waals surface area contributed by atoms with Crippen LogP contribution in [0.2, 0.25) is 0 Å². The molecule has 0 fully saturated rings. The van der Waals surface area contributed by atoms with Gasteiger partial charge in [-0.3, -0.25) is 4.79 Å². The van der Waals surface area contributed by atoms with Gasteiger partial charge in [-0.1, -0.05) is 30.3 Å². The summed E-state index contributed by atoms with van der Waals surface area (Å²) < 4.78 is 5.50. The predicted octanol–water partition coefficient (Wildman–Crippen LogP) is 3.09. The summed E-state index contributed by atoms with van der Waals surface area (Å²) >= 11 is 0. The fourth-order valence-corrected chi connectivity index (χ4v) is 1.72. The minimum absolute atomic E-state index is 0.0406. The Kier molecular flexibility index (Phi) is 3.93. The molecule has 90 valence electrons. The van der Waals surface area contributed by atoms with E-state index in [4.69, 9.17) is 10.00 Å². The van der Waals surface area contributed by atoms with Crippen molar-refractivity contribution in [2.24, 2.45) is 0 Å². The first kappa shape index (κ1) is 12.1. The van der Waals surface area contributed by atoms with Crippen LogP contribution < -0.4 is 4.74 Å². The normalized spacial score (nSPS) is 9.94. The van der Waals surface area contributed by atoms with Crippen molar-refractivity contribution in [2.45, 2.75) is 12.8 Å². The van der Waals surface area contributed by atoms with E-state index >= 15 is 0 Å². The van der Waals surface area contributed by atoms with E-state index in [2.05, 4.69) is 0 Å². The average Bonchev–Trinajstić information content (AvgIpc) is 2.39. The van der Waals surface area contributed by atoms with E-state index in [-0.39, 0.29) is 18.6 Å². The molecule has 0 aromatic heterocycles. The fraction of sp³-hybridized carbons (Fsp3) is 0.200. The van der Waals surface area contributed by atoms with Gasteiger partial charge in [-0.2, -0.15) is 5.26 Å². The van der Waals surface area contributed by atoms with Crippen molar-refractivity contribution in [3.05, 3.63) is 42.5 Å². The molecule has 0 aliphatic rings. The molecule has 0 heterocycles. The van der Waals surface area contributed by atoms with Crippen LogP contribution in [-0.4, -0.2) is 12.4 Å². The standard InChI is InChI=1S/C15H13NO2/c16-9-7-14(17)8-10-18-15-6-5-12-3-1-2-4-13(12)11-15/h1-6,11H,7-8,10H2. The molecule has 0 atom stereocenters. The minimum Gasteiger partial charge on any atom is -0.493 e. The van der Waals surface area contributed by atoms with Crippen LogP contribution in [0.25, 0.3) is 10.8 Å². The van der Waals surface area contributed by atoms with E-state index in [0.29, 0.717) is 6.61 Å². The molecular formula is C15H13NO2. The molecule has 0 amide bonds. The van der Waals surface area contributed by atoms with E-state index in [9.17, 15) is 4.79 Å². The Morgan fingerprint density at radius 3 is 2.72 bits per heavy atom. The van der Waals surface area contributed by atoms with E-state index in [1.807, 2.05) is 48.5 Å². The van der Waals surface area contributed by atoms with Crippen molar-refractivity contribution in [1.29, 1.82) is 5.26 Å². The zero-order valence-electron chi connectivity index (χ0n) is 9.93. The molecule has 18 heavy (non-hydrogen) atoms. The van der Waals surface area contributed by atoms with Gasteiger partial charge in [0, 0.05) is 6.42 Å². The largest absolute Gasteiger partial charge is 0.493 e. The second-order valence-electron chi connectivity index (χ2n) is 3.98. The summed E-state index contributed by atoms with van der Waals surface area (Å²) in [5.74, 6) is 0.664. The molecule has 2 aromatic carbocycles. The van der Waals surface area contributed by atoms with Gasteiger partial charge >= 0.3 is 0 Å². The third kappa shape index (κ3) is 3.08. The van der Waals surface area contributed by atoms with Gasteiger partial charge in [-0.15, -0.1) is 0 Å². The Morgan fingerprint density at radius 1 is 1.17 bits per heavy atom. The van der Waals surface area contributed by atoms with Crippen LogP contribution in [0.1, 0.15) is 12.8 Å². The van der Waals surface area contributed by atoms with Crippen molar-refractivity contribution in [3.8, 4) is 11.8 Å². The Labute approximate surface area is 106 Å². The van der Waals surface area contributed by atoms with E-state index in [1.54, 1.807) is 0 Å². The first-order valence-corrected chi connectivity index (χ1v) is 5.80. The highest BCUT2D eigenvalue weighted by Gasteiger charge is 2.02. The van der Waals surface area contributed by atoms with E-state index in [0.717, 1.165) is 16.5 Å². The maximum absolute atomic E-state index is 11.1. The lowest BCUT2D eigenvalue weighted by atomic mass is 10.1. The van der Waals surface area contributed by atoms with Crippen LogP contribution in [0, 0.1) is 11.3 Å². The van der Waals surface area contributed by atoms with Crippen molar-refractivity contribution < 1.29 is 9.53 Å². The molecule has 0 aliphatic heterocycles. The molecule has 3 nitrogen and oxygen atoms in total. The summed E-state index contributed by atoms with van der Waals surface area (Å²) in [5.41, 5.74) is 0. The topological polar surface area (TPSA) is 50.1 Å². The number of nitriles is 1. The summed E-state index contributed by atoms with van der Waals surface area (Å²) in [7, 11) is 0. The van der Waals surface area contributed by atoms with E-state index < -0.39 is 0 Å². The first-order valence-electron chi connectivity index (χ1n) is 5.80. The van der Waals surface area contributed by atoms with Crippen LogP contribution >= 0.6 is 0 Å².